The fourth-order valence-electron chi connectivity index (χ4n) is 5.27. The van der Waals surface area contributed by atoms with Crippen LogP contribution in [0.2, 0.25) is 0 Å². The molecule has 7 heteroatoms. The summed E-state index contributed by atoms with van der Waals surface area (Å²) in [6, 6.07) is 17.4. The topological polar surface area (TPSA) is 73.8 Å². The van der Waals surface area contributed by atoms with Crippen molar-refractivity contribution in [3.8, 4) is 22.5 Å². The lowest BCUT2D eigenvalue weighted by atomic mass is 9.88. The summed E-state index contributed by atoms with van der Waals surface area (Å²) in [4.78, 5) is 27.9. The van der Waals surface area contributed by atoms with Gasteiger partial charge >= 0.3 is 5.97 Å². The van der Waals surface area contributed by atoms with E-state index in [4.69, 9.17) is 4.42 Å². The molecular weight excluding hydrogens is 532 g/mol. The Hall–Kier alpha value is -3.58. The monoisotopic (exact) mass is 573 g/mol. The molecule has 0 saturated heterocycles. The normalized spacial score (nSPS) is 12.0. The molecule has 216 valence electrons. The van der Waals surface area contributed by atoms with Crippen molar-refractivity contribution in [3.05, 3.63) is 71.1 Å². The lowest BCUT2D eigenvalue weighted by Gasteiger charge is -2.23. The maximum atomic E-state index is 13.7. The van der Waals surface area contributed by atoms with Crippen molar-refractivity contribution in [2.24, 2.45) is 0 Å². The lowest BCUT2D eigenvalue weighted by molar-refractivity contribution is 0.0697. The zero-order chi connectivity index (χ0) is 29.7. The van der Waals surface area contributed by atoms with E-state index in [1.54, 1.807) is 23.9 Å². The van der Waals surface area contributed by atoms with Gasteiger partial charge in [-0.25, -0.2) is 9.37 Å². The number of nitrogens with zero attached hydrogens (tertiary/aromatic N) is 2. The molecule has 0 saturated carbocycles. The summed E-state index contributed by atoms with van der Waals surface area (Å²) < 4.78 is 8.86. The first-order valence-corrected chi connectivity index (χ1v) is 15.7. The molecule has 41 heavy (non-hydrogen) atoms. The molecule has 0 bridgehead atoms. The average Bonchev–Trinajstić information content (AvgIpc) is 2.99. The van der Waals surface area contributed by atoms with Gasteiger partial charge in [0, 0.05) is 58.2 Å². The van der Waals surface area contributed by atoms with Crippen LogP contribution in [0.15, 0.2) is 59.0 Å². The van der Waals surface area contributed by atoms with E-state index < -0.39 is 5.97 Å². The Morgan fingerprint density at radius 3 is 2.27 bits per heavy atom. The molecule has 1 N–H and O–H groups in total. The number of carboxylic acid groups (broad SMARTS) is 1. The third-order valence-corrected chi connectivity index (χ3v) is 9.19. The number of rotatable bonds is 12. The van der Waals surface area contributed by atoms with Gasteiger partial charge < -0.3 is 14.4 Å². The van der Waals surface area contributed by atoms with E-state index in [1.165, 1.54) is 6.07 Å². The van der Waals surface area contributed by atoms with Crippen LogP contribution >= 0.6 is 11.8 Å². The number of anilines is 1. The highest BCUT2D eigenvalue weighted by Crippen LogP contribution is 2.42. The van der Waals surface area contributed by atoms with Gasteiger partial charge in [0.2, 0.25) is 5.36 Å². The van der Waals surface area contributed by atoms with E-state index in [2.05, 4.69) is 87.4 Å². The van der Waals surface area contributed by atoms with Crippen LogP contribution in [0.5, 0.6) is 0 Å². The maximum Gasteiger partial charge on any atom is 0.335 e. The number of carboxylic acids is 1. The smallest absolute Gasteiger partial charge is 0.335 e. The molecule has 1 aliphatic carbocycles. The molecule has 1 atom stereocenters. The van der Waals surface area contributed by atoms with Crippen LogP contribution in [0.25, 0.3) is 33.4 Å². The number of hydrogen-bond donors (Lipinski definition) is 1. The van der Waals surface area contributed by atoms with Crippen LogP contribution in [0, 0.1) is 0 Å². The van der Waals surface area contributed by atoms with E-state index in [9.17, 15) is 14.7 Å². The minimum absolute atomic E-state index is 0.0741. The van der Waals surface area contributed by atoms with Crippen LogP contribution < -0.4 is 14.8 Å². The number of fused-ring (bicyclic) bond motifs is 2. The van der Waals surface area contributed by atoms with Crippen LogP contribution in [-0.4, -0.2) is 54.0 Å². The third kappa shape index (κ3) is 6.35. The number of aromatic carboxylic acids is 1. The van der Waals surface area contributed by atoms with Crippen molar-refractivity contribution < 1.29 is 19.1 Å². The molecule has 1 unspecified atom stereocenters. The quantitative estimate of drug-likeness (QED) is 0.109. The molecule has 1 aliphatic heterocycles. The van der Waals surface area contributed by atoms with E-state index >= 15 is 0 Å². The van der Waals surface area contributed by atoms with Crippen LogP contribution in [0.3, 0.4) is 0 Å². The van der Waals surface area contributed by atoms with Gasteiger partial charge in [-0.15, -0.1) is 0 Å². The average molecular weight is 574 g/mol. The molecule has 0 radical (unpaired) electrons. The molecule has 2 aliphatic rings. The minimum Gasteiger partial charge on any atom is -0.478 e. The van der Waals surface area contributed by atoms with E-state index in [1.807, 2.05) is 0 Å². The first-order valence-electron chi connectivity index (χ1n) is 14.6. The molecule has 0 spiro atoms. The maximum absolute atomic E-state index is 13.7. The van der Waals surface area contributed by atoms with Gasteiger partial charge in [0.25, 0.3) is 0 Å². The first-order chi connectivity index (χ1) is 19.8. The molecule has 1 heterocycles. The second-order valence-corrected chi connectivity index (χ2v) is 11.6. The van der Waals surface area contributed by atoms with Crippen LogP contribution in [0.1, 0.15) is 68.7 Å². The number of Topliss-reactive ketones (excluding diaryl/α,β-unsaturated/α-hetero) is 1. The summed E-state index contributed by atoms with van der Waals surface area (Å²) in [7, 11) is 0. The highest BCUT2D eigenvalue weighted by molar-refractivity contribution is 8.00. The molecule has 6 nitrogen and oxygen atoms in total. The Labute approximate surface area is 247 Å². The van der Waals surface area contributed by atoms with Gasteiger partial charge in [-0.05, 0) is 70.0 Å². The summed E-state index contributed by atoms with van der Waals surface area (Å²) >= 11 is 1.60. The Morgan fingerprint density at radius 2 is 1.63 bits per heavy atom. The molecule has 0 amide bonds. The number of hydrogen-bond acceptors (Lipinski definition) is 5. The van der Waals surface area contributed by atoms with Crippen molar-refractivity contribution in [2.45, 2.75) is 53.2 Å². The standard InChI is InChI=1S/C34H40N2O4S/c1-7-22(6)41-21-30(37)29-18-23(34(38)39)12-15-26(29)33-27-16-13-24(35(8-2)9-3)19-31(27)40-32-20-25(14-17-28(32)33)36(10-4)11-5/h12-20,22H,7-11,21H2,1-6H3/p+1. The third-order valence-electron chi connectivity index (χ3n) is 7.86. The van der Waals surface area contributed by atoms with Crippen LogP contribution in [0.4, 0.5) is 5.69 Å². The summed E-state index contributed by atoms with van der Waals surface area (Å²) in [5.74, 6) is -0.111. The minimum atomic E-state index is -1.05. The van der Waals surface area contributed by atoms with Gasteiger partial charge in [0.05, 0.1) is 17.4 Å². The van der Waals surface area contributed by atoms with E-state index in [0.29, 0.717) is 10.8 Å². The second kappa shape index (κ2) is 13.4. The summed E-state index contributed by atoms with van der Waals surface area (Å²) in [6.07, 6.45) is 0.958. The first kappa shape index (κ1) is 30.4. The second-order valence-electron chi connectivity index (χ2n) is 10.2. The van der Waals surface area contributed by atoms with Gasteiger partial charge in [-0.3, -0.25) is 4.79 Å². The number of benzene rings is 3. The van der Waals surface area contributed by atoms with E-state index in [0.717, 1.165) is 77.1 Å². The van der Waals surface area contributed by atoms with Crippen molar-refractivity contribution in [2.75, 3.05) is 36.8 Å². The van der Waals surface area contributed by atoms with Crippen molar-refractivity contribution in [1.29, 1.82) is 0 Å². The van der Waals surface area contributed by atoms with Gasteiger partial charge in [-0.1, -0.05) is 19.9 Å². The highest BCUT2D eigenvalue weighted by Gasteiger charge is 2.24. The molecule has 0 aromatic heterocycles. The SMILES string of the molecule is CCC(C)SCC(=O)c1cc(C(=O)O)ccc1-c1c2ccc(=[N+](CC)CC)cc-2oc2cc(N(CC)CC)ccc12. The predicted molar refractivity (Wildman–Crippen MR) is 172 cm³/mol. The molecule has 2 aromatic rings. The van der Waals surface area contributed by atoms with Gasteiger partial charge in [0.1, 0.15) is 24.4 Å². The van der Waals surface area contributed by atoms with Gasteiger partial charge in [0.15, 0.2) is 5.78 Å². The Balaban J connectivity index is 2.07. The molecule has 4 rings (SSSR count). The molecular formula is C34H41N2O4S+. The van der Waals surface area contributed by atoms with Crippen molar-refractivity contribution in [3.63, 3.8) is 0 Å². The zero-order valence-electron chi connectivity index (χ0n) is 25.0. The molecule has 0 fully saturated rings. The Morgan fingerprint density at radius 1 is 0.927 bits per heavy atom. The largest absolute Gasteiger partial charge is 0.478 e. The van der Waals surface area contributed by atoms with Gasteiger partial charge in [-0.2, -0.15) is 11.8 Å². The lowest BCUT2D eigenvalue weighted by Crippen LogP contribution is -2.29. The molecule has 2 aromatic carbocycles. The van der Waals surface area contributed by atoms with E-state index in [-0.39, 0.29) is 17.1 Å². The summed E-state index contributed by atoms with van der Waals surface area (Å²) in [6.45, 7) is 16.2. The van der Waals surface area contributed by atoms with Crippen molar-refractivity contribution >= 4 is 40.2 Å². The summed E-state index contributed by atoms with van der Waals surface area (Å²) in [5.41, 5.74) is 4.81. The summed E-state index contributed by atoms with van der Waals surface area (Å²) in [5, 5.41) is 12.1. The zero-order valence-corrected chi connectivity index (χ0v) is 25.8. The number of ketones is 1. The number of thioether (sulfide) groups is 1. The highest BCUT2D eigenvalue weighted by atomic mass is 32.2. The Bertz CT molecular complexity index is 1600. The number of carbonyl (C=O) groups is 2. The Kier molecular flexibility index (Phi) is 9.92. The fraction of sp³-hybridized carbons (Fsp3) is 0.382. The van der Waals surface area contributed by atoms with Crippen molar-refractivity contribution in [1.82, 2.24) is 4.58 Å². The van der Waals surface area contributed by atoms with Crippen LogP contribution in [-0.2, 0) is 0 Å². The fourth-order valence-corrected chi connectivity index (χ4v) is 6.10. The predicted octanol–water partition coefficient (Wildman–Crippen LogP) is 7.28. The number of carbonyl (C=O) groups excluding carboxylic acids is 1.